The quantitative estimate of drug-likeness (QED) is 0.897. The summed E-state index contributed by atoms with van der Waals surface area (Å²) in [4.78, 5) is 12.6. The van der Waals surface area contributed by atoms with Crippen molar-refractivity contribution in [1.82, 2.24) is 10.6 Å². The van der Waals surface area contributed by atoms with Gasteiger partial charge < -0.3 is 10.6 Å². The lowest BCUT2D eigenvalue weighted by Crippen LogP contribution is -2.47. The Morgan fingerprint density at radius 1 is 1.18 bits per heavy atom. The van der Waals surface area contributed by atoms with Gasteiger partial charge in [-0.2, -0.15) is 0 Å². The van der Waals surface area contributed by atoms with E-state index in [1.807, 2.05) is 0 Å². The fraction of sp³-hybridized carbons (Fsp3) is 0.500. The smallest absolute Gasteiger partial charge is 0.252 e. The van der Waals surface area contributed by atoms with Gasteiger partial charge in [-0.05, 0) is 42.7 Å². The first-order chi connectivity index (χ1) is 10.7. The first-order valence-electron chi connectivity index (χ1n) is 8.19. The van der Waals surface area contributed by atoms with E-state index in [9.17, 15) is 9.18 Å². The second-order valence-electron chi connectivity index (χ2n) is 6.24. The van der Waals surface area contributed by atoms with Crippen LogP contribution in [0.2, 0.25) is 0 Å². The second kappa shape index (κ2) is 6.21. The van der Waals surface area contributed by atoms with Gasteiger partial charge in [0, 0.05) is 12.1 Å². The first kappa shape index (κ1) is 15.2. The molecule has 2 N–H and O–H groups in total. The topological polar surface area (TPSA) is 41.1 Å². The molecule has 1 aliphatic heterocycles. The summed E-state index contributed by atoms with van der Waals surface area (Å²) in [6, 6.07) is 6.26. The fourth-order valence-corrected chi connectivity index (χ4v) is 3.74. The number of carbonyl (C=O) groups excluding carboxylic acids is 1. The van der Waals surface area contributed by atoms with E-state index in [2.05, 4.69) is 17.6 Å². The highest BCUT2D eigenvalue weighted by Gasteiger charge is 2.45. The number of amides is 1. The Balaban J connectivity index is 2.05. The van der Waals surface area contributed by atoms with Crippen molar-refractivity contribution in [2.45, 2.75) is 44.6 Å². The second-order valence-corrected chi connectivity index (χ2v) is 6.24. The van der Waals surface area contributed by atoms with E-state index in [-0.39, 0.29) is 17.3 Å². The molecule has 1 spiro atoms. The van der Waals surface area contributed by atoms with Crippen molar-refractivity contribution in [3.8, 4) is 0 Å². The Labute approximate surface area is 131 Å². The van der Waals surface area contributed by atoms with Gasteiger partial charge in [0.2, 0.25) is 0 Å². The minimum absolute atomic E-state index is 0.0126. The van der Waals surface area contributed by atoms with Gasteiger partial charge >= 0.3 is 0 Å². The summed E-state index contributed by atoms with van der Waals surface area (Å²) in [5.74, 6) is -0.287. The van der Waals surface area contributed by atoms with Crippen molar-refractivity contribution in [3.05, 3.63) is 41.2 Å². The minimum atomic E-state index is -0.275. The molecule has 22 heavy (non-hydrogen) atoms. The van der Waals surface area contributed by atoms with E-state index in [0.717, 1.165) is 48.9 Å². The third kappa shape index (κ3) is 2.68. The lowest BCUT2D eigenvalue weighted by Gasteiger charge is -2.36. The number of benzene rings is 1. The van der Waals surface area contributed by atoms with Crippen molar-refractivity contribution in [3.63, 3.8) is 0 Å². The monoisotopic (exact) mass is 302 g/mol. The van der Waals surface area contributed by atoms with Crippen LogP contribution in [0.3, 0.4) is 0 Å². The van der Waals surface area contributed by atoms with Crippen LogP contribution in [0.4, 0.5) is 4.39 Å². The highest BCUT2D eigenvalue weighted by atomic mass is 19.1. The molecule has 1 aliphatic carbocycles. The molecule has 1 aromatic carbocycles. The van der Waals surface area contributed by atoms with Crippen LogP contribution in [-0.2, 0) is 4.79 Å². The van der Waals surface area contributed by atoms with E-state index >= 15 is 0 Å². The predicted octanol–water partition coefficient (Wildman–Crippen LogP) is 3.02. The molecule has 0 aromatic heterocycles. The normalized spacial score (nSPS) is 20.5. The summed E-state index contributed by atoms with van der Waals surface area (Å²) in [5, 5.41) is 6.61. The molecule has 4 heteroatoms. The third-order valence-electron chi connectivity index (χ3n) is 4.85. The summed E-state index contributed by atoms with van der Waals surface area (Å²) in [5.41, 5.74) is 2.52. The SMILES string of the molecule is CCNCC1=C(c2ccc(F)cc2)C(=O)NC12CCCCC2. The Morgan fingerprint density at radius 3 is 2.50 bits per heavy atom. The molecule has 3 nitrogen and oxygen atoms in total. The van der Waals surface area contributed by atoms with Crippen LogP contribution < -0.4 is 10.6 Å². The molecule has 2 aliphatic rings. The van der Waals surface area contributed by atoms with Gasteiger partial charge in [0.05, 0.1) is 5.54 Å². The van der Waals surface area contributed by atoms with Crippen LogP contribution in [-0.4, -0.2) is 24.5 Å². The van der Waals surface area contributed by atoms with Gasteiger partial charge in [-0.3, -0.25) is 4.79 Å². The molecule has 0 unspecified atom stereocenters. The largest absolute Gasteiger partial charge is 0.343 e. The lowest BCUT2D eigenvalue weighted by molar-refractivity contribution is -0.116. The average molecular weight is 302 g/mol. The zero-order valence-corrected chi connectivity index (χ0v) is 13.0. The van der Waals surface area contributed by atoms with Crippen LogP contribution in [0.15, 0.2) is 29.8 Å². The maximum absolute atomic E-state index is 13.2. The third-order valence-corrected chi connectivity index (χ3v) is 4.85. The average Bonchev–Trinajstić information content (AvgIpc) is 2.78. The molecule has 0 radical (unpaired) electrons. The van der Waals surface area contributed by atoms with Gasteiger partial charge in [0.25, 0.3) is 5.91 Å². The molecule has 3 rings (SSSR count). The Hall–Kier alpha value is -1.68. The van der Waals surface area contributed by atoms with Gasteiger partial charge in [0.15, 0.2) is 0 Å². The standard InChI is InChI=1S/C18H23FN2O/c1-2-20-12-15-16(13-6-8-14(19)9-7-13)17(22)21-18(15)10-4-3-5-11-18/h6-9,20H,2-5,10-12H2,1H3,(H,21,22). The van der Waals surface area contributed by atoms with Crippen LogP contribution in [0, 0.1) is 5.82 Å². The van der Waals surface area contributed by atoms with Crippen molar-refractivity contribution >= 4 is 11.5 Å². The van der Waals surface area contributed by atoms with E-state index in [1.165, 1.54) is 18.6 Å². The summed E-state index contributed by atoms with van der Waals surface area (Å²) < 4.78 is 13.2. The molecule has 1 aromatic rings. The number of carbonyl (C=O) groups is 1. The lowest BCUT2D eigenvalue weighted by atomic mass is 9.76. The molecular weight excluding hydrogens is 279 g/mol. The molecule has 1 saturated carbocycles. The van der Waals surface area contributed by atoms with E-state index in [0.29, 0.717) is 6.54 Å². The minimum Gasteiger partial charge on any atom is -0.343 e. The zero-order valence-electron chi connectivity index (χ0n) is 13.0. The van der Waals surface area contributed by atoms with Gasteiger partial charge in [-0.1, -0.05) is 38.3 Å². The highest BCUT2D eigenvalue weighted by Crippen LogP contribution is 2.42. The van der Waals surface area contributed by atoms with Crippen LogP contribution in [0.25, 0.3) is 5.57 Å². The molecule has 1 heterocycles. The van der Waals surface area contributed by atoms with Crippen molar-refractivity contribution in [1.29, 1.82) is 0 Å². The highest BCUT2D eigenvalue weighted by molar-refractivity contribution is 6.23. The summed E-state index contributed by atoms with van der Waals surface area (Å²) >= 11 is 0. The molecule has 0 atom stereocenters. The Bertz CT molecular complexity index is 586. The van der Waals surface area contributed by atoms with E-state index in [1.54, 1.807) is 12.1 Å². The number of likely N-dealkylation sites (N-methyl/N-ethyl adjacent to an activating group) is 1. The Kier molecular flexibility index (Phi) is 4.30. The molecule has 0 saturated heterocycles. The molecule has 1 fully saturated rings. The van der Waals surface area contributed by atoms with Crippen molar-refractivity contribution in [2.24, 2.45) is 0 Å². The summed E-state index contributed by atoms with van der Waals surface area (Å²) in [7, 11) is 0. The van der Waals surface area contributed by atoms with Crippen LogP contribution >= 0.6 is 0 Å². The van der Waals surface area contributed by atoms with Gasteiger partial charge in [-0.25, -0.2) is 4.39 Å². The number of hydrogen-bond donors (Lipinski definition) is 2. The van der Waals surface area contributed by atoms with E-state index in [4.69, 9.17) is 0 Å². The predicted molar refractivity (Wildman–Crippen MR) is 85.8 cm³/mol. The maximum atomic E-state index is 13.2. The maximum Gasteiger partial charge on any atom is 0.252 e. The summed E-state index contributed by atoms with van der Waals surface area (Å²) in [6.07, 6.45) is 5.53. The van der Waals surface area contributed by atoms with Gasteiger partial charge in [-0.15, -0.1) is 0 Å². The number of rotatable bonds is 4. The Morgan fingerprint density at radius 2 is 1.86 bits per heavy atom. The van der Waals surface area contributed by atoms with E-state index < -0.39 is 0 Å². The van der Waals surface area contributed by atoms with Crippen molar-refractivity contribution < 1.29 is 9.18 Å². The fourth-order valence-electron chi connectivity index (χ4n) is 3.74. The molecule has 118 valence electrons. The number of nitrogens with one attached hydrogen (secondary N) is 2. The van der Waals surface area contributed by atoms with Gasteiger partial charge in [0.1, 0.15) is 5.82 Å². The van der Waals surface area contributed by atoms with Crippen LogP contribution in [0.1, 0.15) is 44.6 Å². The first-order valence-corrected chi connectivity index (χ1v) is 8.19. The zero-order chi connectivity index (χ0) is 15.6. The molecular formula is C18H23FN2O. The summed E-state index contributed by atoms with van der Waals surface area (Å²) in [6.45, 7) is 3.64. The molecule has 0 bridgehead atoms. The molecule has 1 amide bonds. The number of halogens is 1. The van der Waals surface area contributed by atoms with Crippen molar-refractivity contribution in [2.75, 3.05) is 13.1 Å². The van der Waals surface area contributed by atoms with Crippen LogP contribution in [0.5, 0.6) is 0 Å². The number of hydrogen-bond acceptors (Lipinski definition) is 2.